The molecule has 3 nitrogen and oxygen atoms in total. The lowest BCUT2D eigenvalue weighted by Gasteiger charge is -2.43. The van der Waals surface area contributed by atoms with Gasteiger partial charge in [-0.05, 0) is 49.9 Å². The Labute approximate surface area is 117 Å². The van der Waals surface area contributed by atoms with Crippen molar-refractivity contribution in [2.75, 3.05) is 19.8 Å². The molecule has 0 aliphatic carbocycles. The first kappa shape index (κ1) is 15.3. The predicted molar refractivity (Wildman–Crippen MR) is 76.2 cm³/mol. The first-order chi connectivity index (χ1) is 8.91. The lowest BCUT2D eigenvalue weighted by atomic mass is 9.77. The average Bonchev–Trinajstić information content (AvgIpc) is 2.36. The van der Waals surface area contributed by atoms with Crippen LogP contribution in [0.1, 0.15) is 59.3 Å². The molecule has 2 aliphatic heterocycles. The Hall–Kier alpha value is -0.120. The van der Waals surface area contributed by atoms with E-state index in [9.17, 15) is 5.11 Å². The zero-order valence-electron chi connectivity index (χ0n) is 12.8. The normalized spacial score (nSPS) is 29.4. The molecule has 0 radical (unpaired) electrons. The molecule has 0 aromatic carbocycles. The molecule has 0 aromatic heterocycles. The summed E-state index contributed by atoms with van der Waals surface area (Å²) in [5, 5.41) is 10.2. The molecule has 19 heavy (non-hydrogen) atoms. The zero-order valence-corrected chi connectivity index (χ0v) is 12.8. The molecule has 2 saturated heterocycles. The fraction of sp³-hybridized carbons (Fsp3) is 1.00. The van der Waals surface area contributed by atoms with E-state index in [1.807, 2.05) is 0 Å². The van der Waals surface area contributed by atoms with Crippen molar-refractivity contribution in [2.45, 2.75) is 71.0 Å². The summed E-state index contributed by atoms with van der Waals surface area (Å²) in [6.45, 7) is 8.91. The van der Waals surface area contributed by atoms with E-state index in [-0.39, 0.29) is 17.1 Å². The minimum atomic E-state index is -0.194. The minimum Gasteiger partial charge on any atom is -0.393 e. The van der Waals surface area contributed by atoms with Crippen molar-refractivity contribution in [1.82, 2.24) is 0 Å². The van der Waals surface area contributed by atoms with Gasteiger partial charge in [-0.25, -0.2) is 0 Å². The highest BCUT2D eigenvalue weighted by atomic mass is 16.5. The van der Waals surface area contributed by atoms with Crippen molar-refractivity contribution >= 4 is 0 Å². The van der Waals surface area contributed by atoms with Crippen molar-refractivity contribution in [1.29, 1.82) is 0 Å². The van der Waals surface area contributed by atoms with E-state index < -0.39 is 0 Å². The lowest BCUT2D eigenvalue weighted by Crippen LogP contribution is -2.44. The Kier molecular flexibility index (Phi) is 4.91. The standard InChI is InChI=1S/C16H30O3/c1-15(2,3)14(17)5-4-13-6-9-19-16(12-13)7-10-18-11-8-16/h13-14,17H,4-12H2,1-3H3. The Balaban J connectivity index is 1.81. The third kappa shape index (κ3) is 4.17. The number of aliphatic hydroxyl groups is 1. The SMILES string of the molecule is CC(C)(C)C(O)CCC1CCOC2(CCOCC2)C1. The van der Waals surface area contributed by atoms with Crippen LogP contribution in [0.5, 0.6) is 0 Å². The van der Waals surface area contributed by atoms with Crippen LogP contribution in [-0.2, 0) is 9.47 Å². The molecule has 2 aliphatic rings. The van der Waals surface area contributed by atoms with Crippen LogP contribution in [0.4, 0.5) is 0 Å². The summed E-state index contributed by atoms with van der Waals surface area (Å²) < 4.78 is 11.5. The summed E-state index contributed by atoms with van der Waals surface area (Å²) in [4.78, 5) is 0. The number of rotatable bonds is 3. The highest BCUT2D eigenvalue weighted by Crippen LogP contribution is 2.39. The summed E-state index contributed by atoms with van der Waals surface area (Å²) >= 11 is 0. The summed E-state index contributed by atoms with van der Waals surface area (Å²) in [5.41, 5.74) is 0.0926. The van der Waals surface area contributed by atoms with Crippen LogP contribution in [0.3, 0.4) is 0 Å². The minimum absolute atomic E-state index is 0.00152. The topological polar surface area (TPSA) is 38.7 Å². The van der Waals surface area contributed by atoms with Gasteiger partial charge in [0.15, 0.2) is 0 Å². The van der Waals surface area contributed by atoms with Crippen LogP contribution in [0, 0.1) is 11.3 Å². The van der Waals surface area contributed by atoms with E-state index in [4.69, 9.17) is 9.47 Å². The van der Waals surface area contributed by atoms with Gasteiger partial charge in [-0.15, -0.1) is 0 Å². The van der Waals surface area contributed by atoms with Crippen LogP contribution >= 0.6 is 0 Å². The first-order valence-corrected chi connectivity index (χ1v) is 7.81. The second-order valence-corrected chi connectivity index (χ2v) is 7.46. The van der Waals surface area contributed by atoms with Gasteiger partial charge in [0.2, 0.25) is 0 Å². The monoisotopic (exact) mass is 270 g/mol. The molecule has 0 saturated carbocycles. The predicted octanol–water partition coefficient (Wildman–Crippen LogP) is 3.15. The molecule has 1 N–H and O–H groups in total. The Morgan fingerprint density at radius 3 is 2.53 bits per heavy atom. The smallest absolute Gasteiger partial charge is 0.0729 e. The highest BCUT2D eigenvalue weighted by Gasteiger charge is 2.39. The van der Waals surface area contributed by atoms with E-state index in [1.54, 1.807) is 0 Å². The van der Waals surface area contributed by atoms with E-state index in [2.05, 4.69) is 20.8 Å². The molecule has 112 valence electrons. The van der Waals surface area contributed by atoms with Gasteiger partial charge in [-0.3, -0.25) is 0 Å². The zero-order chi connectivity index (χ0) is 13.9. The highest BCUT2D eigenvalue weighted by molar-refractivity contribution is 4.89. The molecule has 2 fully saturated rings. The number of ether oxygens (including phenoxy) is 2. The molecular weight excluding hydrogens is 240 g/mol. The Bertz CT molecular complexity index is 271. The number of hydrogen-bond donors (Lipinski definition) is 1. The van der Waals surface area contributed by atoms with E-state index >= 15 is 0 Å². The third-order valence-corrected chi connectivity index (χ3v) is 4.85. The van der Waals surface area contributed by atoms with Gasteiger partial charge >= 0.3 is 0 Å². The second-order valence-electron chi connectivity index (χ2n) is 7.46. The van der Waals surface area contributed by atoms with Crippen LogP contribution in [-0.4, -0.2) is 36.6 Å². The van der Waals surface area contributed by atoms with Crippen molar-refractivity contribution in [3.8, 4) is 0 Å². The maximum atomic E-state index is 10.2. The van der Waals surface area contributed by atoms with E-state index in [1.165, 1.54) is 0 Å². The van der Waals surface area contributed by atoms with Gasteiger partial charge < -0.3 is 14.6 Å². The molecule has 0 bridgehead atoms. The van der Waals surface area contributed by atoms with E-state index in [0.717, 1.165) is 58.3 Å². The van der Waals surface area contributed by atoms with Crippen LogP contribution in [0.25, 0.3) is 0 Å². The van der Waals surface area contributed by atoms with Crippen molar-refractivity contribution < 1.29 is 14.6 Å². The van der Waals surface area contributed by atoms with Crippen molar-refractivity contribution in [2.24, 2.45) is 11.3 Å². The molecule has 1 spiro atoms. The summed E-state index contributed by atoms with van der Waals surface area (Å²) in [7, 11) is 0. The summed E-state index contributed by atoms with van der Waals surface area (Å²) in [6, 6.07) is 0. The van der Waals surface area contributed by atoms with Crippen LogP contribution in [0.15, 0.2) is 0 Å². The van der Waals surface area contributed by atoms with Gasteiger partial charge in [-0.1, -0.05) is 20.8 Å². The van der Waals surface area contributed by atoms with Gasteiger partial charge in [0.05, 0.1) is 11.7 Å². The maximum absolute atomic E-state index is 10.2. The quantitative estimate of drug-likeness (QED) is 0.856. The summed E-state index contributed by atoms with van der Waals surface area (Å²) in [6.07, 6.45) is 6.26. The molecule has 2 rings (SSSR count). The van der Waals surface area contributed by atoms with Gasteiger partial charge in [0.1, 0.15) is 0 Å². The van der Waals surface area contributed by atoms with Crippen molar-refractivity contribution in [3.05, 3.63) is 0 Å². The van der Waals surface area contributed by atoms with Gasteiger partial charge in [0.25, 0.3) is 0 Å². The maximum Gasteiger partial charge on any atom is 0.0729 e. The summed E-state index contributed by atoms with van der Waals surface area (Å²) in [5.74, 6) is 0.712. The van der Waals surface area contributed by atoms with Crippen LogP contribution < -0.4 is 0 Å². The number of aliphatic hydroxyl groups excluding tert-OH is 1. The molecule has 0 aromatic rings. The molecule has 2 unspecified atom stereocenters. The Morgan fingerprint density at radius 1 is 1.21 bits per heavy atom. The average molecular weight is 270 g/mol. The molecular formula is C16H30O3. The molecule has 2 atom stereocenters. The van der Waals surface area contributed by atoms with Crippen molar-refractivity contribution in [3.63, 3.8) is 0 Å². The van der Waals surface area contributed by atoms with Gasteiger partial charge in [0, 0.05) is 19.8 Å². The fourth-order valence-electron chi connectivity index (χ4n) is 3.29. The lowest BCUT2D eigenvalue weighted by molar-refractivity contribution is -0.148. The molecule has 0 amide bonds. The largest absolute Gasteiger partial charge is 0.393 e. The number of hydrogen-bond acceptors (Lipinski definition) is 3. The fourth-order valence-corrected chi connectivity index (χ4v) is 3.29. The molecule has 2 heterocycles. The van der Waals surface area contributed by atoms with Crippen LogP contribution in [0.2, 0.25) is 0 Å². The van der Waals surface area contributed by atoms with Gasteiger partial charge in [-0.2, -0.15) is 0 Å². The molecule has 3 heteroatoms. The first-order valence-electron chi connectivity index (χ1n) is 7.81. The Morgan fingerprint density at radius 2 is 1.89 bits per heavy atom. The van der Waals surface area contributed by atoms with E-state index in [0.29, 0.717) is 5.92 Å². The third-order valence-electron chi connectivity index (χ3n) is 4.85. The second kappa shape index (κ2) is 6.11.